The third kappa shape index (κ3) is 5.98. The first-order chi connectivity index (χ1) is 15.3. The van der Waals surface area contributed by atoms with Gasteiger partial charge < -0.3 is 19.5 Å². The molecule has 0 spiro atoms. The number of aromatic nitrogens is 3. The van der Waals surface area contributed by atoms with Crippen LogP contribution in [0.3, 0.4) is 0 Å². The molecule has 0 bridgehead atoms. The number of pyridine rings is 1. The average molecular weight is 454 g/mol. The van der Waals surface area contributed by atoms with Gasteiger partial charge in [0, 0.05) is 25.1 Å². The van der Waals surface area contributed by atoms with E-state index >= 15 is 0 Å². The van der Waals surface area contributed by atoms with Gasteiger partial charge in [-0.25, -0.2) is 14.8 Å². The summed E-state index contributed by atoms with van der Waals surface area (Å²) in [5.41, 5.74) is 1.46. The van der Waals surface area contributed by atoms with E-state index in [1.165, 1.54) is 6.33 Å². The fraction of sp³-hybridized carbons (Fsp3) is 0.450. The third-order valence-electron chi connectivity index (χ3n) is 5.03. The Bertz CT molecular complexity index is 901. The lowest BCUT2D eigenvalue weighted by Crippen LogP contribution is -2.54. The molecule has 172 valence electrons. The second kappa shape index (κ2) is 10.5. The van der Waals surface area contributed by atoms with Crippen LogP contribution in [0.1, 0.15) is 28.9 Å². The molecule has 2 fully saturated rings. The standard InChI is InChI=1S/C18H20N4O3.C2HF3O2/c23-18(14-5-7-20-12-21-14)22-8-9-24-17-15(22)3-4-16(17)25-11-13-2-1-6-19-10-13;3-2(4,5)1(6)7/h1-2,5-7,10,12,15-17H,3-4,8-9,11H2;(H,6,7)/t15-,16+,17+;/m0./s1. The molecule has 0 aromatic carbocycles. The van der Waals surface area contributed by atoms with E-state index < -0.39 is 12.1 Å². The molecule has 3 atom stereocenters. The predicted octanol–water partition coefficient (Wildman–Crippen LogP) is 2.09. The summed E-state index contributed by atoms with van der Waals surface area (Å²) in [5, 5.41) is 7.12. The molecule has 4 rings (SSSR count). The number of nitrogens with zero attached hydrogens (tertiary/aromatic N) is 4. The Morgan fingerprint density at radius 3 is 2.62 bits per heavy atom. The number of alkyl halides is 3. The number of fused-ring (bicyclic) bond motifs is 1. The summed E-state index contributed by atoms with van der Waals surface area (Å²) >= 11 is 0. The Morgan fingerprint density at radius 2 is 2.00 bits per heavy atom. The van der Waals surface area contributed by atoms with E-state index in [0.717, 1.165) is 18.4 Å². The minimum absolute atomic E-state index is 0.00814. The number of carboxylic acid groups (broad SMARTS) is 1. The zero-order valence-electron chi connectivity index (χ0n) is 16.8. The van der Waals surface area contributed by atoms with E-state index in [2.05, 4.69) is 15.0 Å². The maximum absolute atomic E-state index is 12.8. The summed E-state index contributed by atoms with van der Waals surface area (Å²) in [6.45, 7) is 1.61. The lowest BCUT2D eigenvalue weighted by Gasteiger charge is -2.38. The number of amides is 1. The first-order valence-corrected chi connectivity index (χ1v) is 9.76. The van der Waals surface area contributed by atoms with E-state index in [0.29, 0.717) is 25.5 Å². The van der Waals surface area contributed by atoms with E-state index in [4.69, 9.17) is 19.4 Å². The molecule has 1 amide bonds. The van der Waals surface area contributed by atoms with Crippen molar-refractivity contribution >= 4 is 11.9 Å². The molecule has 2 aromatic heterocycles. The molecule has 0 radical (unpaired) electrons. The van der Waals surface area contributed by atoms with Crippen LogP contribution in [0.4, 0.5) is 13.2 Å². The third-order valence-corrected chi connectivity index (χ3v) is 5.03. The van der Waals surface area contributed by atoms with Gasteiger partial charge in [0.1, 0.15) is 18.1 Å². The fourth-order valence-electron chi connectivity index (χ4n) is 3.60. The Kier molecular flexibility index (Phi) is 7.70. The molecule has 1 aliphatic carbocycles. The number of halogens is 3. The summed E-state index contributed by atoms with van der Waals surface area (Å²) in [7, 11) is 0. The Labute approximate surface area is 181 Å². The molecule has 2 aliphatic rings. The van der Waals surface area contributed by atoms with Crippen molar-refractivity contribution < 1.29 is 37.3 Å². The van der Waals surface area contributed by atoms with Gasteiger partial charge in [-0.3, -0.25) is 9.78 Å². The topological polar surface area (TPSA) is 115 Å². The highest BCUT2D eigenvalue weighted by atomic mass is 19.4. The second-order valence-corrected chi connectivity index (χ2v) is 7.09. The monoisotopic (exact) mass is 454 g/mol. The van der Waals surface area contributed by atoms with Gasteiger partial charge in [-0.05, 0) is 30.5 Å². The zero-order chi connectivity index (χ0) is 23.1. The molecule has 1 saturated carbocycles. The van der Waals surface area contributed by atoms with Crippen molar-refractivity contribution in [3.8, 4) is 0 Å². The van der Waals surface area contributed by atoms with E-state index in [9.17, 15) is 18.0 Å². The number of hydrogen-bond donors (Lipinski definition) is 1. The largest absolute Gasteiger partial charge is 0.490 e. The summed E-state index contributed by atoms with van der Waals surface area (Å²) in [6.07, 6.45) is 3.12. The first-order valence-electron chi connectivity index (χ1n) is 9.76. The van der Waals surface area contributed by atoms with Gasteiger partial charge in [-0.15, -0.1) is 0 Å². The van der Waals surface area contributed by atoms with Crippen LogP contribution in [0, 0.1) is 0 Å². The highest BCUT2D eigenvalue weighted by Gasteiger charge is 2.45. The van der Waals surface area contributed by atoms with Crippen LogP contribution in [0.2, 0.25) is 0 Å². The molecule has 2 aromatic rings. The number of hydrogen-bond acceptors (Lipinski definition) is 7. The van der Waals surface area contributed by atoms with Crippen molar-refractivity contribution in [2.24, 2.45) is 0 Å². The van der Waals surface area contributed by atoms with E-state index in [1.54, 1.807) is 24.7 Å². The maximum atomic E-state index is 12.8. The lowest BCUT2D eigenvalue weighted by atomic mass is 10.1. The molecule has 1 aliphatic heterocycles. The molecule has 9 nitrogen and oxygen atoms in total. The van der Waals surface area contributed by atoms with Crippen molar-refractivity contribution in [3.05, 3.63) is 54.4 Å². The maximum Gasteiger partial charge on any atom is 0.490 e. The number of ether oxygens (including phenoxy) is 2. The highest BCUT2D eigenvalue weighted by molar-refractivity contribution is 5.92. The Balaban J connectivity index is 0.000000360. The number of rotatable bonds is 4. The summed E-state index contributed by atoms with van der Waals surface area (Å²) in [6, 6.07) is 5.58. The Hall–Kier alpha value is -3.12. The quantitative estimate of drug-likeness (QED) is 0.747. The number of carboxylic acids is 1. The second-order valence-electron chi connectivity index (χ2n) is 7.09. The van der Waals surface area contributed by atoms with Crippen LogP contribution in [-0.2, 0) is 20.9 Å². The normalized spacial score (nSPS) is 22.5. The molecule has 0 unspecified atom stereocenters. The molecule has 1 saturated heterocycles. The van der Waals surface area contributed by atoms with Crippen LogP contribution in [-0.4, -0.2) is 74.4 Å². The van der Waals surface area contributed by atoms with Crippen LogP contribution in [0.15, 0.2) is 43.1 Å². The van der Waals surface area contributed by atoms with Crippen LogP contribution in [0.25, 0.3) is 0 Å². The van der Waals surface area contributed by atoms with Crippen LogP contribution >= 0.6 is 0 Å². The molecular formula is C20H21F3N4O5. The van der Waals surface area contributed by atoms with Gasteiger partial charge in [0.25, 0.3) is 5.91 Å². The fourth-order valence-corrected chi connectivity index (χ4v) is 3.60. The van der Waals surface area contributed by atoms with Gasteiger partial charge in [0.15, 0.2) is 0 Å². The van der Waals surface area contributed by atoms with Gasteiger partial charge in [0.05, 0.1) is 25.4 Å². The SMILES string of the molecule is O=C(O)C(F)(F)F.O=C(c1ccncn1)N1CCO[C@H]2[C@H](OCc3cccnc3)CC[C@@H]21. The molecule has 3 heterocycles. The molecular weight excluding hydrogens is 433 g/mol. The van der Waals surface area contributed by atoms with E-state index in [-0.39, 0.29) is 24.2 Å². The summed E-state index contributed by atoms with van der Waals surface area (Å²) < 4.78 is 43.8. The lowest BCUT2D eigenvalue weighted by molar-refractivity contribution is -0.192. The highest BCUT2D eigenvalue weighted by Crippen LogP contribution is 2.33. The van der Waals surface area contributed by atoms with Crippen molar-refractivity contribution in [3.63, 3.8) is 0 Å². The summed E-state index contributed by atoms with van der Waals surface area (Å²) in [4.78, 5) is 35.6. The van der Waals surface area contributed by atoms with Gasteiger partial charge in [0.2, 0.25) is 0 Å². The van der Waals surface area contributed by atoms with Gasteiger partial charge in [-0.2, -0.15) is 13.2 Å². The number of morpholine rings is 1. The zero-order valence-corrected chi connectivity index (χ0v) is 16.8. The minimum atomic E-state index is -5.08. The van der Waals surface area contributed by atoms with Crippen LogP contribution in [0.5, 0.6) is 0 Å². The van der Waals surface area contributed by atoms with Crippen molar-refractivity contribution in [1.29, 1.82) is 0 Å². The number of aliphatic carboxylic acids is 1. The molecule has 12 heteroatoms. The molecule has 32 heavy (non-hydrogen) atoms. The average Bonchev–Trinajstić information content (AvgIpc) is 3.21. The van der Waals surface area contributed by atoms with Crippen molar-refractivity contribution in [2.45, 2.75) is 43.9 Å². The predicted molar refractivity (Wildman–Crippen MR) is 102 cm³/mol. The smallest absolute Gasteiger partial charge is 0.475 e. The van der Waals surface area contributed by atoms with Gasteiger partial charge >= 0.3 is 12.1 Å². The van der Waals surface area contributed by atoms with Crippen molar-refractivity contribution in [2.75, 3.05) is 13.2 Å². The van der Waals surface area contributed by atoms with Gasteiger partial charge in [-0.1, -0.05) is 6.07 Å². The number of carbonyl (C=O) groups excluding carboxylic acids is 1. The minimum Gasteiger partial charge on any atom is -0.475 e. The van der Waals surface area contributed by atoms with Crippen molar-refractivity contribution in [1.82, 2.24) is 19.9 Å². The number of carbonyl (C=O) groups is 2. The Morgan fingerprint density at radius 1 is 1.22 bits per heavy atom. The first kappa shape index (κ1) is 23.5. The summed E-state index contributed by atoms with van der Waals surface area (Å²) in [5.74, 6) is -2.82. The van der Waals surface area contributed by atoms with Crippen LogP contribution < -0.4 is 0 Å². The molecule has 1 N–H and O–H groups in total. The van der Waals surface area contributed by atoms with E-state index in [1.807, 2.05) is 17.0 Å².